The summed E-state index contributed by atoms with van der Waals surface area (Å²) < 4.78 is 20.9. The number of hydrogen-bond acceptors (Lipinski definition) is 14. The second kappa shape index (κ2) is 24.2. The lowest BCUT2D eigenvalue weighted by atomic mass is 9.79. The minimum absolute atomic E-state index is 0. The number of para-hydroxylation sites is 1. The maximum Gasteiger partial charge on any atom is 0.308 e. The molecule has 6 rings (SSSR count). The van der Waals surface area contributed by atoms with Crippen molar-refractivity contribution >= 4 is 22.7 Å². The number of ether oxygens (including phenoxy) is 3. The minimum atomic E-state index is -1.24. The Morgan fingerprint density at radius 3 is 2.45 bits per heavy atom. The SMILES string of the molecule is C.CC[C@H]1OC(=O)C[C@@H](O)[C@H](C)[C@@H](O[C@@H]2O[C@H](C)[C@@H](O)C(N(C)C)C2O)[C@@H](CCN(C)Cc2cn(-c3cnc4ccccc4c3)nn2)C[C@@H](C)C(=O)/C=C/C(C)=C/[C@@H]1CN1CCCCC1. The minimum Gasteiger partial charge on any atom is -0.462 e. The van der Waals surface area contributed by atoms with E-state index in [0.29, 0.717) is 32.4 Å². The summed E-state index contributed by atoms with van der Waals surface area (Å²) in [7, 11) is 5.56. The number of aromatic nitrogens is 4. The van der Waals surface area contributed by atoms with Gasteiger partial charge in [-0.15, -0.1) is 5.10 Å². The van der Waals surface area contributed by atoms with Gasteiger partial charge < -0.3 is 44.2 Å². The van der Waals surface area contributed by atoms with Gasteiger partial charge in [-0.3, -0.25) is 14.6 Å². The number of likely N-dealkylation sites (N-methyl/N-ethyl adjacent to an activating group) is 1. The fourth-order valence-corrected chi connectivity index (χ4v) is 9.72. The number of carbonyl (C=O) groups excluding carboxylic acids is 2. The molecule has 0 radical (unpaired) electrons. The first-order valence-electron chi connectivity index (χ1n) is 23.4. The van der Waals surface area contributed by atoms with Crippen LogP contribution in [-0.4, -0.2) is 158 Å². The predicted octanol–water partition coefficient (Wildman–Crippen LogP) is 5.59. The molecule has 65 heavy (non-hydrogen) atoms. The van der Waals surface area contributed by atoms with E-state index in [4.69, 9.17) is 14.2 Å². The maximum atomic E-state index is 14.0. The molecular weight excluding hydrogens is 827 g/mol. The van der Waals surface area contributed by atoms with E-state index in [9.17, 15) is 24.9 Å². The number of esters is 1. The number of rotatable bonds is 12. The molecule has 1 aromatic carbocycles. The van der Waals surface area contributed by atoms with E-state index in [0.717, 1.165) is 60.3 Å². The Kier molecular flexibility index (Phi) is 19.4. The van der Waals surface area contributed by atoms with E-state index >= 15 is 0 Å². The average Bonchev–Trinajstić information content (AvgIpc) is 3.74. The van der Waals surface area contributed by atoms with E-state index in [1.54, 1.807) is 42.9 Å². The van der Waals surface area contributed by atoms with Crippen molar-refractivity contribution in [3.63, 3.8) is 0 Å². The first-order valence-corrected chi connectivity index (χ1v) is 23.4. The largest absolute Gasteiger partial charge is 0.462 e. The molecule has 5 heterocycles. The van der Waals surface area contributed by atoms with Gasteiger partial charge in [-0.25, -0.2) is 4.68 Å². The summed E-state index contributed by atoms with van der Waals surface area (Å²) in [5.41, 5.74) is 3.37. The van der Waals surface area contributed by atoms with Crippen molar-refractivity contribution < 1.29 is 39.1 Å². The number of aliphatic hydroxyl groups excluding tert-OH is 3. The van der Waals surface area contributed by atoms with Crippen LogP contribution in [0.15, 0.2) is 66.5 Å². The van der Waals surface area contributed by atoms with Crippen molar-refractivity contribution in [3.05, 3.63) is 72.2 Å². The average molecular weight is 904 g/mol. The lowest BCUT2D eigenvalue weighted by Gasteiger charge is -2.46. The zero-order valence-corrected chi connectivity index (χ0v) is 39.2. The van der Waals surface area contributed by atoms with E-state index in [1.807, 2.05) is 77.3 Å². The highest BCUT2D eigenvalue weighted by Crippen LogP contribution is 2.35. The van der Waals surface area contributed by atoms with Gasteiger partial charge in [-0.05, 0) is 111 Å². The number of piperidine rings is 1. The third kappa shape index (κ3) is 13.8. The standard InChI is InChI=1S/C49H73N7O8.CH4/c1-9-43-37(28-55-20-13-10-14-21-55)23-31(2)17-18-41(57)32(3)24-36(19-22-54(8)29-38-30-56(52-51-38)39-25-35-15-11-12-16-40(35)50-27-39)48(33(4)42(58)26-44(59)63-43)64-49-47(61)45(53(6)7)46(60)34(5)62-49;/h11-12,15-18,23,25,27,30,32-34,36-37,42-43,45-49,58,60-61H,9-10,13-14,19-22,24,26,28-29H2,1-8H3;1H4/b18-17+,31-23+;/t32-,33+,34-,36+,37-,42-,43-,45?,46-,47?,48-,49+;/m1./s1. The second-order valence-electron chi connectivity index (χ2n) is 18.9. The Morgan fingerprint density at radius 1 is 0.985 bits per heavy atom. The van der Waals surface area contributed by atoms with Crippen molar-refractivity contribution in [3.8, 4) is 5.69 Å². The number of pyridine rings is 1. The highest BCUT2D eigenvalue weighted by molar-refractivity contribution is 5.91. The van der Waals surface area contributed by atoms with Gasteiger partial charge in [-0.2, -0.15) is 0 Å². The third-order valence-corrected chi connectivity index (χ3v) is 13.6. The molecule has 3 aliphatic rings. The number of cyclic esters (lactones) is 1. The van der Waals surface area contributed by atoms with Gasteiger partial charge in [0.05, 0.1) is 66.2 Å². The van der Waals surface area contributed by atoms with Gasteiger partial charge in [-0.1, -0.05) is 75.8 Å². The number of hydrogen-bond donors (Lipinski definition) is 3. The molecule has 3 aromatic rings. The number of allylic oxidation sites excluding steroid dienone is 3. The van der Waals surface area contributed by atoms with Gasteiger partial charge in [0, 0.05) is 36.2 Å². The van der Waals surface area contributed by atoms with E-state index in [2.05, 4.69) is 31.2 Å². The van der Waals surface area contributed by atoms with Crippen molar-refractivity contribution in [2.24, 2.45) is 23.7 Å². The summed E-state index contributed by atoms with van der Waals surface area (Å²) in [6.07, 6.45) is 7.59. The molecule has 12 atom stereocenters. The van der Waals surface area contributed by atoms with Crippen molar-refractivity contribution in [1.82, 2.24) is 34.7 Å². The van der Waals surface area contributed by atoms with Crippen LogP contribution in [-0.2, 0) is 30.3 Å². The van der Waals surface area contributed by atoms with E-state index in [1.165, 1.54) is 6.42 Å². The van der Waals surface area contributed by atoms with Crippen LogP contribution >= 0.6 is 0 Å². The van der Waals surface area contributed by atoms with Crippen LogP contribution in [0.3, 0.4) is 0 Å². The molecule has 3 N–H and O–H groups in total. The number of likely N-dealkylation sites (tertiary alicyclic amines) is 1. The molecule has 0 amide bonds. The van der Waals surface area contributed by atoms with Crippen molar-refractivity contribution in [1.29, 1.82) is 0 Å². The van der Waals surface area contributed by atoms with Crippen LogP contribution in [0.1, 0.15) is 92.7 Å². The molecule has 2 saturated heterocycles. The summed E-state index contributed by atoms with van der Waals surface area (Å²) >= 11 is 0. The number of benzene rings is 1. The number of fused-ring (bicyclic) bond motifs is 1. The summed E-state index contributed by atoms with van der Waals surface area (Å²) in [5, 5.41) is 44.6. The van der Waals surface area contributed by atoms with E-state index in [-0.39, 0.29) is 31.5 Å². The predicted molar refractivity (Wildman–Crippen MR) is 252 cm³/mol. The molecule has 15 nitrogen and oxygen atoms in total. The van der Waals surface area contributed by atoms with Crippen LogP contribution in [0, 0.1) is 23.7 Å². The monoisotopic (exact) mass is 904 g/mol. The summed E-state index contributed by atoms with van der Waals surface area (Å²) in [6.45, 7) is 13.2. The van der Waals surface area contributed by atoms with Crippen LogP contribution in [0.25, 0.3) is 16.6 Å². The molecule has 0 bridgehead atoms. The fourth-order valence-electron chi connectivity index (χ4n) is 9.72. The first-order chi connectivity index (χ1) is 30.6. The Labute approximate surface area is 386 Å². The molecule has 0 saturated carbocycles. The lowest BCUT2D eigenvalue weighted by molar-refractivity contribution is -0.304. The Balaban J connectivity index is 0.00000793. The smallest absolute Gasteiger partial charge is 0.308 e. The van der Waals surface area contributed by atoms with Gasteiger partial charge >= 0.3 is 5.97 Å². The maximum absolute atomic E-state index is 14.0. The van der Waals surface area contributed by atoms with Gasteiger partial charge in [0.1, 0.15) is 12.2 Å². The Hall–Kier alpha value is -3.93. The molecule has 3 aliphatic heterocycles. The van der Waals surface area contributed by atoms with Crippen LogP contribution in [0.5, 0.6) is 0 Å². The van der Waals surface area contributed by atoms with Gasteiger partial charge in [0.15, 0.2) is 12.1 Å². The molecule has 0 aliphatic carbocycles. The van der Waals surface area contributed by atoms with Crippen molar-refractivity contribution in [2.75, 3.05) is 47.3 Å². The highest BCUT2D eigenvalue weighted by Gasteiger charge is 2.47. The zero-order chi connectivity index (χ0) is 46.1. The molecule has 2 aromatic heterocycles. The van der Waals surface area contributed by atoms with Gasteiger partial charge in [0.2, 0.25) is 0 Å². The third-order valence-electron chi connectivity index (χ3n) is 13.6. The molecule has 0 spiro atoms. The summed E-state index contributed by atoms with van der Waals surface area (Å²) in [6, 6.07) is 9.24. The molecule has 2 fully saturated rings. The van der Waals surface area contributed by atoms with E-state index < -0.39 is 66.8 Å². The number of nitrogens with zero attached hydrogens (tertiary/aromatic N) is 7. The normalized spacial score (nSPS) is 32.8. The summed E-state index contributed by atoms with van der Waals surface area (Å²) in [5.74, 6) is -2.07. The molecule has 360 valence electrons. The topological polar surface area (TPSA) is 176 Å². The number of carbonyl (C=O) groups is 2. The zero-order valence-electron chi connectivity index (χ0n) is 39.2. The summed E-state index contributed by atoms with van der Waals surface area (Å²) in [4.78, 5) is 38.7. The first kappa shape index (κ1) is 52.0. The Morgan fingerprint density at radius 2 is 1.72 bits per heavy atom. The van der Waals surface area contributed by atoms with Crippen molar-refractivity contribution in [2.45, 2.75) is 142 Å². The van der Waals surface area contributed by atoms with Crippen LogP contribution in [0.4, 0.5) is 0 Å². The quantitative estimate of drug-likeness (QED) is 0.192. The van der Waals surface area contributed by atoms with Gasteiger partial charge in [0.25, 0.3) is 0 Å². The number of ketones is 1. The highest BCUT2D eigenvalue weighted by atomic mass is 16.7. The second-order valence-corrected chi connectivity index (χ2v) is 18.9. The molecule has 2 unspecified atom stereocenters. The molecule has 15 heteroatoms. The van der Waals surface area contributed by atoms with Crippen LogP contribution < -0.4 is 0 Å². The Bertz CT molecular complexity index is 2040. The number of aliphatic hydroxyl groups is 3. The fraction of sp³-hybridized carbons (Fsp3) is 0.660. The molecular formula is C50H77N7O8. The lowest BCUT2D eigenvalue weighted by Crippen LogP contribution is -2.63. The van der Waals surface area contributed by atoms with Crippen LogP contribution in [0.2, 0.25) is 0 Å².